The Morgan fingerprint density at radius 2 is 1.86 bits per heavy atom. The molecule has 1 fully saturated rings. The van der Waals surface area contributed by atoms with Gasteiger partial charge in [0.15, 0.2) is 0 Å². The molecule has 1 amide bonds. The van der Waals surface area contributed by atoms with Crippen LogP contribution in [0.1, 0.15) is 41.7 Å². The highest BCUT2D eigenvalue weighted by Gasteiger charge is 2.20. The number of benzene rings is 2. The number of halogens is 1. The number of nitrogens with one attached hydrogen (secondary N) is 2. The van der Waals surface area contributed by atoms with Crippen LogP contribution in [0.25, 0.3) is 0 Å². The zero-order valence-electron chi connectivity index (χ0n) is 15.5. The highest BCUT2D eigenvalue weighted by Crippen LogP contribution is 2.18. The molecule has 2 N–H and O–H groups in total. The van der Waals surface area contributed by atoms with Crippen LogP contribution in [0.5, 0.6) is 0 Å². The van der Waals surface area contributed by atoms with Crippen LogP contribution >= 0.6 is 15.9 Å². The van der Waals surface area contributed by atoms with E-state index in [9.17, 15) is 13.2 Å². The Morgan fingerprint density at radius 3 is 2.46 bits per heavy atom. The molecule has 2 aromatic rings. The molecule has 150 valence electrons. The van der Waals surface area contributed by atoms with Gasteiger partial charge in [-0.3, -0.25) is 4.79 Å². The van der Waals surface area contributed by atoms with E-state index in [0.29, 0.717) is 12.2 Å². The lowest BCUT2D eigenvalue weighted by Gasteiger charge is -2.15. The Bertz CT molecular complexity index is 908. The van der Waals surface area contributed by atoms with Gasteiger partial charge in [-0.1, -0.05) is 28.1 Å². The summed E-state index contributed by atoms with van der Waals surface area (Å²) in [5.74, 6) is -0.258. The van der Waals surface area contributed by atoms with E-state index in [1.165, 1.54) is 24.3 Å². The summed E-state index contributed by atoms with van der Waals surface area (Å²) in [5, 5.41) is 2.92. The van der Waals surface area contributed by atoms with Crippen LogP contribution in [-0.2, 0) is 14.8 Å². The van der Waals surface area contributed by atoms with Crippen molar-refractivity contribution in [3.8, 4) is 0 Å². The third kappa shape index (κ3) is 5.41. The van der Waals surface area contributed by atoms with Crippen LogP contribution in [0.3, 0.4) is 0 Å². The van der Waals surface area contributed by atoms with E-state index in [1.807, 2.05) is 31.2 Å². The number of carbonyl (C=O) groups excluding carboxylic acids is 1. The second-order valence-corrected chi connectivity index (χ2v) is 9.44. The van der Waals surface area contributed by atoms with Crippen molar-refractivity contribution in [2.75, 3.05) is 13.2 Å². The zero-order chi connectivity index (χ0) is 20.1. The Hall–Kier alpha value is -1.74. The smallest absolute Gasteiger partial charge is 0.251 e. The molecule has 28 heavy (non-hydrogen) atoms. The topological polar surface area (TPSA) is 84.5 Å². The van der Waals surface area contributed by atoms with Gasteiger partial charge in [0, 0.05) is 23.2 Å². The number of hydrogen-bond acceptors (Lipinski definition) is 4. The van der Waals surface area contributed by atoms with Gasteiger partial charge in [-0.05, 0) is 61.7 Å². The van der Waals surface area contributed by atoms with Crippen molar-refractivity contribution in [2.24, 2.45) is 0 Å². The first kappa shape index (κ1) is 21.0. The number of hydrogen-bond donors (Lipinski definition) is 2. The average molecular weight is 467 g/mol. The highest BCUT2D eigenvalue weighted by molar-refractivity contribution is 9.10. The molecule has 0 bridgehead atoms. The van der Waals surface area contributed by atoms with Crippen molar-refractivity contribution in [3.05, 3.63) is 64.1 Å². The standard InChI is InChI=1S/C20H23BrN2O4S/c1-14(15-4-8-17(21)9-5-15)23-20(24)16-6-10-19(11-7-16)28(25,26)22-13-18-3-2-12-27-18/h4-11,14,18,22H,2-3,12-13H2,1H3,(H,23,24)/t14-,18-/m1/s1. The van der Waals surface area contributed by atoms with Gasteiger partial charge in [0.2, 0.25) is 10.0 Å². The maximum atomic E-state index is 12.5. The maximum Gasteiger partial charge on any atom is 0.251 e. The largest absolute Gasteiger partial charge is 0.377 e. The fourth-order valence-corrected chi connectivity index (χ4v) is 4.32. The van der Waals surface area contributed by atoms with Gasteiger partial charge < -0.3 is 10.1 Å². The molecule has 2 atom stereocenters. The van der Waals surface area contributed by atoms with Crippen LogP contribution in [-0.4, -0.2) is 33.6 Å². The molecule has 0 aromatic heterocycles. The Kier molecular flexibility index (Phi) is 6.87. The third-order valence-corrected chi connectivity index (χ3v) is 6.64. The van der Waals surface area contributed by atoms with E-state index in [0.717, 1.165) is 22.9 Å². The van der Waals surface area contributed by atoms with E-state index in [4.69, 9.17) is 4.74 Å². The minimum atomic E-state index is -3.63. The summed E-state index contributed by atoms with van der Waals surface area (Å²) in [4.78, 5) is 12.6. The Balaban J connectivity index is 1.60. The number of ether oxygens (including phenoxy) is 1. The first-order valence-corrected chi connectivity index (χ1v) is 11.4. The summed E-state index contributed by atoms with van der Waals surface area (Å²) in [6, 6.07) is 13.5. The van der Waals surface area contributed by atoms with E-state index in [1.54, 1.807) is 0 Å². The molecular formula is C20H23BrN2O4S. The van der Waals surface area contributed by atoms with Crippen molar-refractivity contribution < 1.29 is 17.9 Å². The summed E-state index contributed by atoms with van der Waals surface area (Å²) in [6.45, 7) is 2.83. The molecule has 0 spiro atoms. The minimum Gasteiger partial charge on any atom is -0.377 e. The summed E-state index contributed by atoms with van der Waals surface area (Å²) < 4.78 is 33.7. The van der Waals surface area contributed by atoms with E-state index < -0.39 is 10.0 Å². The molecular weight excluding hydrogens is 444 g/mol. The van der Waals surface area contributed by atoms with Crippen molar-refractivity contribution in [1.29, 1.82) is 0 Å². The number of amides is 1. The molecule has 1 aliphatic rings. The van der Waals surface area contributed by atoms with Gasteiger partial charge in [-0.2, -0.15) is 0 Å². The summed E-state index contributed by atoms with van der Waals surface area (Å²) in [6.07, 6.45) is 1.74. The predicted molar refractivity (Wildman–Crippen MR) is 111 cm³/mol. The van der Waals surface area contributed by atoms with Crippen molar-refractivity contribution in [2.45, 2.75) is 36.8 Å². The van der Waals surface area contributed by atoms with Gasteiger partial charge in [-0.25, -0.2) is 13.1 Å². The van der Waals surface area contributed by atoms with Gasteiger partial charge in [0.05, 0.1) is 17.0 Å². The second-order valence-electron chi connectivity index (χ2n) is 6.76. The van der Waals surface area contributed by atoms with Crippen LogP contribution in [0.4, 0.5) is 0 Å². The molecule has 3 rings (SSSR count). The summed E-state index contributed by atoms with van der Waals surface area (Å²) >= 11 is 3.39. The van der Waals surface area contributed by atoms with Crippen molar-refractivity contribution in [1.82, 2.24) is 10.0 Å². The van der Waals surface area contributed by atoms with Gasteiger partial charge >= 0.3 is 0 Å². The Morgan fingerprint density at radius 1 is 1.18 bits per heavy atom. The third-order valence-electron chi connectivity index (χ3n) is 4.67. The molecule has 1 heterocycles. The van der Waals surface area contributed by atoms with Crippen molar-refractivity contribution >= 4 is 31.9 Å². The van der Waals surface area contributed by atoms with E-state index in [2.05, 4.69) is 26.0 Å². The molecule has 8 heteroatoms. The summed E-state index contributed by atoms with van der Waals surface area (Å²) in [5.41, 5.74) is 1.39. The molecule has 0 saturated carbocycles. The van der Waals surface area contributed by atoms with Crippen LogP contribution in [0.2, 0.25) is 0 Å². The fraction of sp³-hybridized carbons (Fsp3) is 0.350. The summed E-state index contributed by atoms with van der Waals surface area (Å²) in [7, 11) is -3.63. The molecule has 6 nitrogen and oxygen atoms in total. The Labute approximate surface area is 173 Å². The average Bonchev–Trinajstić information content (AvgIpc) is 3.21. The van der Waals surface area contributed by atoms with Gasteiger partial charge in [0.1, 0.15) is 0 Å². The van der Waals surface area contributed by atoms with Crippen LogP contribution in [0.15, 0.2) is 57.9 Å². The molecule has 0 radical (unpaired) electrons. The predicted octanol–water partition coefficient (Wildman–Crippen LogP) is 3.40. The maximum absolute atomic E-state index is 12.5. The second kappa shape index (κ2) is 9.17. The number of sulfonamides is 1. The fourth-order valence-electron chi connectivity index (χ4n) is 2.99. The normalized spacial score (nSPS) is 18.0. The lowest BCUT2D eigenvalue weighted by Crippen LogP contribution is -2.32. The monoisotopic (exact) mass is 466 g/mol. The SMILES string of the molecule is C[C@@H](NC(=O)c1ccc(S(=O)(=O)NC[C@H]2CCCO2)cc1)c1ccc(Br)cc1. The van der Waals surface area contributed by atoms with Crippen LogP contribution in [0, 0.1) is 0 Å². The van der Waals surface area contributed by atoms with Gasteiger partial charge in [0.25, 0.3) is 5.91 Å². The lowest BCUT2D eigenvalue weighted by molar-refractivity contribution is 0.0939. The number of carbonyl (C=O) groups is 1. The molecule has 1 aliphatic heterocycles. The van der Waals surface area contributed by atoms with Crippen LogP contribution < -0.4 is 10.0 Å². The molecule has 0 aliphatic carbocycles. The molecule has 1 saturated heterocycles. The quantitative estimate of drug-likeness (QED) is 0.654. The highest BCUT2D eigenvalue weighted by atomic mass is 79.9. The first-order chi connectivity index (χ1) is 13.3. The first-order valence-electron chi connectivity index (χ1n) is 9.13. The van der Waals surface area contributed by atoms with E-state index in [-0.39, 0.29) is 29.5 Å². The lowest BCUT2D eigenvalue weighted by atomic mass is 10.1. The van der Waals surface area contributed by atoms with Gasteiger partial charge in [-0.15, -0.1) is 0 Å². The molecule has 2 aromatic carbocycles. The van der Waals surface area contributed by atoms with Crippen molar-refractivity contribution in [3.63, 3.8) is 0 Å². The van der Waals surface area contributed by atoms with E-state index >= 15 is 0 Å². The molecule has 0 unspecified atom stereocenters. The number of rotatable bonds is 7. The zero-order valence-corrected chi connectivity index (χ0v) is 17.9. The minimum absolute atomic E-state index is 0.0695.